The van der Waals surface area contributed by atoms with Gasteiger partial charge in [-0.3, -0.25) is 9.89 Å². The first-order chi connectivity index (χ1) is 10.6. The van der Waals surface area contributed by atoms with Crippen LogP contribution in [-0.2, 0) is 4.74 Å². The molecule has 0 spiro atoms. The van der Waals surface area contributed by atoms with Gasteiger partial charge >= 0.3 is 0 Å². The molecule has 0 fully saturated rings. The zero-order valence-corrected chi connectivity index (χ0v) is 13.8. The summed E-state index contributed by atoms with van der Waals surface area (Å²) in [6.45, 7) is 1.09. The number of hydrogen-bond donors (Lipinski definition) is 2. The van der Waals surface area contributed by atoms with E-state index in [0.717, 1.165) is 15.7 Å². The molecule has 0 atom stereocenters. The van der Waals surface area contributed by atoms with Gasteiger partial charge in [0.15, 0.2) is 0 Å². The average Bonchev–Trinajstić information content (AvgIpc) is 3.01. The second-order valence-electron chi connectivity index (χ2n) is 4.74. The molecule has 118 valence electrons. The van der Waals surface area contributed by atoms with Crippen molar-refractivity contribution in [1.29, 1.82) is 0 Å². The molecule has 6 nitrogen and oxygen atoms in total. The fourth-order valence-corrected chi connectivity index (χ4v) is 2.14. The molecule has 0 bridgehead atoms. The van der Waals surface area contributed by atoms with Crippen LogP contribution in [0.3, 0.4) is 0 Å². The summed E-state index contributed by atoms with van der Waals surface area (Å²) in [6.07, 6.45) is 0. The van der Waals surface area contributed by atoms with Crippen molar-refractivity contribution in [3.05, 3.63) is 40.5 Å². The maximum atomic E-state index is 12.2. The van der Waals surface area contributed by atoms with Gasteiger partial charge in [-0.15, -0.1) is 0 Å². The van der Waals surface area contributed by atoms with Crippen LogP contribution >= 0.6 is 15.9 Å². The SMILES string of the molecule is CN(CCOCCO)C(=O)c1cc(-c2ccc(Br)cc2)n[nH]1. The Balaban J connectivity index is 1.98. The third kappa shape index (κ3) is 4.40. The van der Waals surface area contributed by atoms with E-state index in [0.29, 0.717) is 18.8 Å². The van der Waals surface area contributed by atoms with E-state index in [9.17, 15) is 4.79 Å². The molecule has 1 aromatic heterocycles. The lowest BCUT2D eigenvalue weighted by Gasteiger charge is -2.15. The summed E-state index contributed by atoms with van der Waals surface area (Å²) >= 11 is 3.38. The highest BCUT2D eigenvalue weighted by molar-refractivity contribution is 9.10. The Labute approximate surface area is 137 Å². The number of H-pyrrole nitrogens is 1. The summed E-state index contributed by atoms with van der Waals surface area (Å²) in [5, 5.41) is 15.6. The van der Waals surface area contributed by atoms with Gasteiger partial charge in [0.25, 0.3) is 5.91 Å². The highest BCUT2D eigenvalue weighted by Gasteiger charge is 2.15. The Bertz CT molecular complexity index is 613. The zero-order chi connectivity index (χ0) is 15.9. The van der Waals surface area contributed by atoms with Crippen LogP contribution < -0.4 is 0 Å². The van der Waals surface area contributed by atoms with Crippen molar-refractivity contribution >= 4 is 21.8 Å². The number of aromatic amines is 1. The van der Waals surface area contributed by atoms with Crippen molar-refractivity contribution in [2.24, 2.45) is 0 Å². The Morgan fingerprint density at radius 2 is 2.09 bits per heavy atom. The Kier molecular flexibility index (Phi) is 6.11. The number of halogens is 1. The lowest BCUT2D eigenvalue weighted by Crippen LogP contribution is -2.30. The summed E-state index contributed by atoms with van der Waals surface area (Å²) in [5.74, 6) is -0.150. The van der Waals surface area contributed by atoms with Crippen molar-refractivity contribution in [2.75, 3.05) is 33.4 Å². The summed E-state index contributed by atoms with van der Waals surface area (Å²) in [4.78, 5) is 13.8. The van der Waals surface area contributed by atoms with Gasteiger partial charge < -0.3 is 14.7 Å². The highest BCUT2D eigenvalue weighted by atomic mass is 79.9. The van der Waals surface area contributed by atoms with E-state index in [4.69, 9.17) is 9.84 Å². The molecule has 0 saturated heterocycles. The van der Waals surface area contributed by atoms with Crippen LogP contribution in [0.1, 0.15) is 10.5 Å². The largest absolute Gasteiger partial charge is 0.394 e. The number of carbonyl (C=O) groups is 1. The number of nitrogens with one attached hydrogen (secondary N) is 1. The molecule has 2 aromatic rings. The summed E-state index contributed by atoms with van der Waals surface area (Å²) in [7, 11) is 1.70. The molecule has 2 N–H and O–H groups in total. The fraction of sp³-hybridized carbons (Fsp3) is 0.333. The van der Waals surface area contributed by atoms with Crippen LogP contribution in [-0.4, -0.2) is 59.5 Å². The number of benzene rings is 1. The van der Waals surface area contributed by atoms with E-state index < -0.39 is 0 Å². The van der Waals surface area contributed by atoms with Gasteiger partial charge in [-0.25, -0.2) is 0 Å². The summed E-state index contributed by atoms with van der Waals surface area (Å²) < 4.78 is 6.14. The second-order valence-corrected chi connectivity index (χ2v) is 5.65. The quantitative estimate of drug-likeness (QED) is 0.732. The number of hydrogen-bond acceptors (Lipinski definition) is 4. The van der Waals surface area contributed by atoms with Gasteiger partial charge in [0.05, 0.1) is 25.5 Å². The number of carbonyl (C=O) groups excluding carboxylic acids is 1. The molecule has 0 aliphatic carbocycles. The standard InChI is InChI=1S/C15H18BrN3O3/c1-19(6-8-22-9-7-20)15(21)14-10-13(17-18-14)11-2-4-12(16)5-3-11/h2-5,10,20H,6-9H2,1H3,(H,17,18). The van der Waals surface area contributed by atoms with Gasteiger partial charge in [0, 0.05) is 23.6 Å². The minimum atomic E-state index is -0.150. The van der Waals surface area contributed by atoms with Crippen molar-refractivity contribution in [1.82, 2.24) is 15.1 Å². The predicted octanol–water partition coefficient (Wildman–Crippen LogP) is 1.92. The number of amides is 1. The van der Waals surface area contributed by atoms with E-state index in [1.807, 2.05) is 24.3 Å². The smallest absolute Gasteiger partial charge is 0.271 e. The topological polar surface area (TPSA) is 78.5 Å². The van der Waals surface area contributed by atoms with Gasteiger partial charge in [0.1, 0.15) is 5.69 Å². The monoisotopic (exact) mass is 367 g/mol. The number of aromatic nitrogens is 2. The van der Waals surface area contributed by atoms with Crippen molar-refractivity contribution in [3.63, 3.8) is 0 Å². The van der Waals surface area contributed by atoms with E-state index in [1.165, 1.54) is 0 Å². The van der Waals surface area contributed by atoms with Crippen molar-refractivity contribution in [2.45, 2.75) is 0 Å². The van der Waals surface area contributed by atoms with Crippen LogP contribution in [0, 0.1) is 0 Å². The number of ether oxygens (including phenoxy) is 1. The predicted molar refractivity (Wildman–Crippen MR) is 86.6 cm³/mol. The molecule has 0 radical (unpaired) electrons. The van der Waals surface area contributed by atoms with Crippen LogP contribution in [0.15, 0.2) is 34.8 Å². The fourth-order valence-electron chi connectivity index (χ4n) is 1.88. The van der Waals surface area contributed by atoms with Gasteiger partial charge in [-0.2, -0.15) is 5.10 Å². The maximum absolute atomic E-state index is 12.2. The number of rotatable bonds is 7. The third-order valence-corrected chi connectivity index (χ3v) is 3.63. The molecule has 7 heteroatoms. The van der Waals surface area contributed by atoms with E-state index in [2.05, 4.69) is 26.1 Å². The van der Waals surface area contributed by atoms with Crippen molar-refractivity contribution < 1.29 is 14.6 Å². The van der Waals surface area contributed by atoms with E-state index in [-0.39, 0.29) is 19.1 Å². The van der Waals surface area contributed by atoms with E-state index >= 15 is 0 Å². The molecule has 0 aliphatic heterocycles. The lowest BCUT2D eigenvalue weighted by atomic mass is 10.1. The van der Waals surface area contributed by atoms with Crippen LogP contribution in [0.5, 0.6) is 0 Å². The summed E-state index contributed by atoms with van der Waals surface area (Å²) in [5.41, 5.74) is 2.09. The molecule has 1 heterocycles. The highest BCUT2D eigenvalue weighted by Crippen LogP contribution is 2.20. The molecule has 22 heavy (non-hydrogen) atoms. The minimum Gasteiger partial charge on any atom is -0.394 e. The van der Waals surface area contributed by atoms with Gasteiger partial charge in [-0.05, 0) is 18.2 Å². The number of likely N-dealkylation sites (N-methyl/N-ethyl adjacent to an activating group) is 1. The van der Waals surface area contributed by atoms with Crippen molar-refractivity contribution in [3.8, 4) is 11.3 Å². The first-order valence-corrected chi connectivity index (χ1v) is 7.66. The summed E-state index contributed by atoms with van der Waals surface area (Å²) in [6, 6.07) is 9.45. The molecular weight excluding hydrogens is 350 g/mol. The molecule has 0 aliphatic rings. The second kappa shape index (κ2) is 8.07. The molecule has 1 amide bonds. The zero-order valence-electron chi connectivity index (χ0n) is 12.3. The number of aliphatic hydroxyl groups excluding tert-OH is 1. The number of nitrogens with zero attached hydrogens (tertiary/aromatic N) is 2. The Morgan fingerprint density at radius 1 is 1.36 bits per heavy atom. The van der Waals surface area contributed by atoms with Crippen LogP contribution in [0.25, 0.3) is 11.3 Å². The molecular formula is C15H18BrN3O3. The molecule has 2 rings (SSSR count). The average molecular weight is 368 g/mol. The number of aliphatic hydroxyl groups is 1. The Hall–Kier alpha value is -1.70. The van der Waals surface area contributed by atoms with Gasteiger partial charge in [0.2, 0.25) is 0 Å². The Morgan fingerprint density at radius 3 is 2.77 bits per heavy atom. The van der Waals surface area contributed by atoms with Gasteiger partial charge in [-0.1, -0.05) is 28.1 Å². The normalized spacial score (nSPS) is 10.7. The first-order valence-electron chi connectivity index (χ1n) is 6.87. The first kappa shape index (κ1) is 16.7. The maximum Gasteiger partial charge on any atom is 0.271 e. The third-order valence-electron chi connectivity index (χ3n) is 3.10. The van der Waals surface area contributed by atoms with Crippen LogP contribution in [0.4, 0.5) is 0 Å². The molecule has 0 unspecified atom stereocenters. The van der Waals surface area contributed by atoms with Crippen LogP contribution in [0.2, 0.25) is 0 Å². The molecule has 0 saturated carbocycles. The minimum absolute atomic E-state index is 0.0191. The molecule has 1 aromatic carbocycles. The lowest BCUT2D eigenvalue weighted by molar-refractivity contribution is 0.0614. The van der Waals surface area contributed by atoms with E-state index in [1.54, 1.807) is 18.0 Å².